The lowest BCUT2D eigenvalue weighted by Gasteiger charge is -2.13. The molecule has 0 rings (SSSR count). The minimum atomic E-state index is -0.602. The van der Waals surface area contributed by atoms with Crippen LogP contribution in [0.5, 0.6) is 0 Å². The summed E-state index contributed by atoms with van der Waals surface area (Å²) in [5, 5.41) is 0. The van der Waals surface area contributed by atoms with Crippen molar-refractivity contribution in [3.63, 3.8) is 0 Å². The first kappa shape index (κ1) is 13.3. The summed E-state index contributed by atoms with van der Waals surface area (Å²) in [6.07, 6.45) is 3.92. The third-order valence-corrected chi connectivity index (χ3v) is 2.20. The summed E-state index contributed by atoms with van der Waals surface area (Å²) >= 11 is 0. The van der Waals surface area contributed by atoms with Gasteiger partial charge in [0.2, 0.25) is 0 Å². The van der Waals surface area contributed by atoms with E-state index < -0.39 is 6.16 Å². The van der Waals surface area contributed by atoms with Crippen LogP contribution in [0.3, 0.4) is 0 Å². The predicted octanol–water partition coefficient (Wildman–Crippen LogP) is 3.19. The second kappa shape index (κ2) is 8.85. The Morgan fingerprint density at radius 1 is 1.36 bits per heavy atom. The second-order valence-corrected chi connectivity index (χ2v) is 3.33. The molecule has 0 spiro atoms. The van der Waals surface area contributed by atoms with Crippen LogP contribution in [0, 0.1) is 12.8 Å². The molecule has 0 aromatic carbocycles. The predicted molar refractivity (Wildman–Crippen MR) is 56.0 cm³/mol. The van der Waals surface area contributed by atoms with E-state index in [9.17, 15) is 4.79 Å². The Morgan fingerprint density at radius 3 is 2.57 bits per heavy atom. The van der Waals surface area contributed by atoms with Crippen molar-refractivity contribution in [2.24, 2.45) is 5.92 Å². The van der Waals surface area contributed by atoms with Gasteiger partial charge in [-0.2, -0.15) is 0 Å². The molecule has 0 aliphatic rings. The first-order valence-corrected chi connectivity index (χ1v) is 5.33. The van der Waals surface area contributed by atoms with E-state index >= 15 is 0 Å². The molecule has 14 heavy (non-hydrogen) atoms. The fraction of sp³-hybridized carbons (Fsp3) is 0.818. The zero-order chi connectivity index (χ0) is 10.8. The summed E-state index contributed by atoms with van der Waals surface area (Å²) < 4.78 is 9.50. The van der Waals surface area contributed by atoms with E-state index in [4.69, 9.17) is 4.74 Å². The zero-order valence-electron chi connectivity index (χ0n) is 9.25. The van der Waals surface area contributed by atoms with Gasteiger partial charge in [-0.3, -0.25) is 0 Å². The van der Waals surface area contributed by atoms with Crippen molar-refractivity contribution in [1.29, 1.82) is 0 Å². The molecule has 1 atom stereocenters. The molecule has 0 aliphatic carbocycles. The van der Waals surface area contributed by atoms with Gasteiger partial charge in [-0.05, 0) is 19.3 Å². The highest BCUT2D eigenvalue weighted by molar-refractivity contribution is 5.59. The fourth-order valence-electron chi connectivity index (χ4n) is 1.21. The summed E-state index contributed by atoms with van der Waals surface area (Å²) in [4.78, 5) is 10.9. The van der Waals surface area contributed by atoms with Crippen molar-refractivity contribution in [2.45, 2.75) is 39.5 Å². The van der Waals surface area contributed by atoms with Crippen LogP contribution >= 0.6 is 0 Å². The minimum absolute atomic E-state index is 0.130. The summed E-state index contributed by atoms with van der Waals surface area (Å²) in [5.41, 5.74) is 0. The maximum absolute atomic E-state index is 10.9. The molecule has 0 bridgehead atoms. The van der Waals surface area contributed by atoms with E-state index in [1.54, 1.807) is 0 Å². The van der Waals surface area contributed by atoms with Gasteiger partial charge in [0, 0.05) is 0 Å². The third-order valence-electron chi connectivity index (χ3n) is 2.20. The van der Waals surface area contributed by atoms with Crippen molar-refractivity contribution < 1.29 is 14.3 Å². The molecule has 0 fully saturated rings. The topological polar surface area (TPSA) is 35.5 Å². The summed E-state index contributed by atoms with van der Waals surface area (Å²) in [6, 6.07) is 0. The molecule has 1 unspecified atom stereocenters. The van der Waals surface area contributed by atoms with Crippen molar-refractivity contribution in [3.05, 3.63) is 6.92 Å². The molecule has 3 heteroatoms. The van der Waals surface area contributed by atoms with Crippen LogP contribution in [0.2, 0.25) is 0 Å². The standard InChI is InChI=1S/C11H21O3/c1-4-7-8-10(5-2)9-14-11(12)13-6-3/h10H,3-9H2,1-2H3. The smallest absolute Gasteiger partial charge is 0.434 e. The van der Waals surface area contributed by atoms with Gasteiger partial charge in [0.05, 0.1) is 13.2 Å². The normalized spacial score (nSPS) is 12.2. The average molecular weight is 201 g/mol. The van der Waals surface area contributed by atoms with Crippen molar-refractivity contribution in [2.75, 3.05) is 13.2 Å². The Hall–Kier alpha value is -0.730. The lowest BCUT2D eigenvalue weighted by Crippen LogP contribution is -2.14. The van der Waals surface area contributed by atoms with Gasteiger partial charge in [-0.15, -0.1) is 0 Å². The summed E-state index contributed by atoms with van der Waals surface area (Å²) in [6.45, 7) is 8.26. The van der Waals surface area contributed by atoms with E-state index in [1.165, 1.54) is 12.8 Å². The fourth-order valence-corrected chi connectivity index (χ4v) is 1.21. The highest BCUT2D eigenvalue weighted by Gasteiger charge is 2.09. The van der Waals surface area contributed by atoms with Crippen molar-refractivity contribution in [1.82, 2.24) is 0 Å². The molecule has 0 aromatic rings. The molecular formula is C11H21O3. The third kappa shape index (κ3) is 6.75. The van der Waals surface area contributed by atoms with E-state index in [-0.39, 0.29) is 6.61 Å². The Bertz CT molecular complexity index is 145. The lowest BCUT2D eigenvalue weighted by molar-refractivity contribution is 0.0492. The number of carbonyl (C=O) groups is 1. The van der Waals surface area contributed by atoms with Crippen molar-refractivity contribution in [3.8, 4) is 0 Å². The second-order valence-electron chi connectivity index (χ2n) is 3.33. The van der Waals surface area contributed by atoms with Crippen LogP contribution in [-0.4, -0.2) is 19.4 Å². The number of hydrogen-bond donors (Lipinski definition) is 0. The van der Waals surface area contributed by atoms with Gasteiger partial charge in [0.1, 0.15) is 0 Å². The van der Waals surface area contributed by atoms with E-state index in [0.717, 1.165) is 12.8 Å². The van der Waals surface area contributed by atoms with Gasteiger partial charge < -0.3 is 9.47 Å². The van der Waals surface area contributed by atoms with Gasteiger partial charge in [0.25, 0.3) is 0 Å². The van der Waals surface area contributed by atoms with Crippen LogP contribution in [0.4, 0.5) is 4.79 Å². The maximum atomic E-state index is 10.9. The molecule has 0 saturated carbocycles. The molecular weight excluding hydrogens is 180 g/mol. The molecule has 0 N–H and O–H groups in total. The molecule has 0 heterocycles. The first-order valence-electron chi connectivity index (χ1n) is 5.33. The molecule has 1 radical (unpaired) electrons. The summed E-state index contributed by atoms with van der Waals surface area (Å²) in [7, 11) is 0. The number of unbranched alkanes of at least 4 members (excludes halogenated alkanes) is 1. The van der Waals surface area contributed by atoms with E-state index in [1.807, 2.05) is 0 Å². The van der Waals surface area contributed by atoms with Gasteiger partial charge in [-0.1, -0.05) is 33.1 Å². The van der Waals surface area contributed by atoms with Crippen LogP contribution in [0.25, 0.3) is 0 Å². The average Bonchev–Trinajstić information content (AvgIpc) is 2.19. The monoisotopic (exact) mass is 201 g/mol. The lowest BCUT2D eigenvalue weighted by atomic mass is 10.0. The zero-order valence-corrected chi connectivity index (χ0v) is 9.25. The quantitative estimate of drug-likeness (QED) is 0.593. The molecule has 0 saturated heterocycles. The molecule has 3 nitrogen and oxygen atoms in total. The summed E-state index contributed by atoms with van der Waals surface area (Å²) in [5.74, 6) is 0.465. The van der Waals surface area contributed by atoms with Gasteiger partial charge >= 0.3 is 6.16 Å². The number of hydrogen-bond acceptors (Lipinski definition) is 3. The number of rotatable bonds is 7. The Morgan fingerprint density at radius 2 is 2.07 bits per heavy atom. The molecule has 0 aromatic heterocycles. The number of carbonyl (C=O) groups excluding carboxylic acids is 1. The Kier molecular flexibility index (Phi) is 8.39. The van der Waals surface area contributed by atoms with Gasteiger partial charge in [0.15, 0.2) is 0 Å². The van der Waals surface area contributed by atoms with Crippen LogP contribution in [0.15, 0.2) is 0 Å². The molecule has 0 amide bonds. The highest BCUT2D eigenvalue weighted by Crippen LogP contribution is 2.12. The Balaban J connectivity index is 3.55. The SMILES string of the molecule is [CH2]COC(=O)OCC(CC)CCCC. The highest BCUT2D eigenvalue weighted by atomic mass is 16.7. The number of ether oxygens (including phenoxy) is 2. The van der Waals surface area contributed by atoms with Crippen LogP contribution < -0.4 is 0 Å². The molecule has 0 aliphatic heterocycles. The largest absolute Gasteiger partial charge is 0.508 e. The van der Waals surface area contributed by atoms with Gasteiger partial charge in [-0.25, -0.2) is 4.79 Å². The van der Waals surface area contributed by atoms with Crippen LogP contribution in [0.1, 0.15) is 39.5 Å². The van der Waals surface area contributed by atoms with Crippen LogP contribution in [-0.2, 0) is 9.47 Å². The Labute approximate surface area is 86.8 Å². The minimum Gasteiger partial charge on any atom is -0.434 e. The maximum Gasteiger partial charge on any atom is 0.508 e. The van der Waals surface area contributed by atoms with Crippen molar-refractivity contribution >= 4 is 6.16 Å². The van der Waals surface area contributed by atoms with E-state index in [0.29, 0.717) is 12.5 Å². The first-order chi connectivity index (χ1) is 6.74. The van der Waals surface area contributed by atoms with E-state index in [2.05, 4.69) is 25.5 Å². The molecule has 83 valence electrons.